The number of hydrogen-bond donors (Lipinski definition) is 1. The van der Waals surface area contributed by atoms with Gasteiger partial charge in [-0.25, -0.2) is 4.39 Å². The van der Waals surface area contributed by atoms with Gasteiger partial charge in [0, 0.05) is 17.2 Å². The summed E-state index contributed by atoms with van der Waals surface area (Å²) in [6.07, 6.45) is 0. The van der Waals surface area contributed by atoms with E-state index in [2.05, 4.69) is 18.3 Å². The number of rotatable bonds is 5. The highest BCUT2D eigenvalue weighted by Gasteiger charge is 2.11. The van der Waals surface area contributed by atoms with Crippen molar-refractivity contribution in [2.24, 2.45) is 0 Å². The van der Waals surface area contributed by atoms with Crippen molar-refractivity contribution in [3.63, 3.8) is 0 Å². The van der Waals surface area contributed by atoms with Crippen LogP contribution in [0.3, 0.4) is 0 Å². The maximum absolute atomic E-state index is 13.6. The van der Waals surface area contributed by atoms with Crippen molar-refractivity contribution in [1.29, 1.82) is 0 Å². The Kier molecular flexibility index (Phi) is 4.74. The molecule has 3 heteroatoms. The molecule has 0 amide bonds. The second-order valence-corrected chi connectivity index (χ2v) is 4.93. The van der Waals surface area contributed by atoms with Gasteiger partial charge in [-0.2, -0.15) is 0 Å². The lowest BCUT2D eigenvalue weighted by molar-refractivity contribution is 0.294. The highest BCUT2D eigenvalue weighted by molar-refractivity contribution is 5.39. The quantitative estimate of drug-likeness (QED) is 0.889. The highest BCUT2D eigenvalue weighted by atomic mass is 19.1. The average Bonchev–Trinajstić information content (AvgIpc) is 2.46. The third-order valence-electron chi connectivity index (χ3n) is 3.41. The van der Waals surface area contributed by atoms with Gasteiger partial charge in [-0.05, 0) is 38.6 Å². The van der Waals surface area contributed by atoms with Crippen molar-refractivity contribution < 1.29 is 9.13 Å². The van der Waals surface area contributed by atoms with Crippen LogP contribution in [0.4, 0.5) is 4.39 Å². The number of hydrogen-bond acceptors (Lipinski definition) is 2. The Balaban J connectivity index is 2.20. The Hall–Kier alpha value is -1.87. The van der Waals surface area contributed by atoms with Crippen LogP contribution in [0, 0.1) is 12.7 Å². The van der Waals surface area contributed by atoms with Crippen molar-refractivity contribution in [2.45, 2.75) is 26.5 Å². The van der Waals surface area contributed by atoms with Crippen LogP contribution in [0.15, 0.2) is 42.5 Å². The average molecular weight is 273 g/mol. The number of ether oxygens (including phenoxy) is 1. The summed E-state index contributed by atoms with van der Waals surface area (Å²) >= 11 is 0. The monoisotopic (exact) mass is 273 g/mol. The predicted molar refractivity (Wildman–Crippen MR) is 79.4 cm³/mol. The molecule has 1 N–H and O–H groups in total. The molecule has 2 aromatic carbocycles. The van der Waals surface area contributed by atoms with Crippen LogP contribution in [0.25, 0.3) is 0 Å². The van der Waals surface area contributed by atoms with E-state index in [4.69, 9.17) is 4.74 Å². The van der Waals surface area contributed by atoms with Crippen LogP contribution in [0.5, 0.6) is 5.75 Å². The Morgan fingerprint density at radius 3 is 2.65 bits per heavy atom. The first kappa shape index (κ1) is 14.5. The van der Waals surface area contributed by atoms with Crippen LogP contribution < -0.4 is 10.1 Å². The predicted octanol–water partition coefficient (Wildman–Crippen LogP) is 3.99. The van der Waals surface area contributed by atoms with Crippen molar-refractivity contribution in [3.05, 3.63) is 65.0 Å². The second kappa shape index (κ2) is 6.53. The van der Waals surface area contributed by atoms with E-state index in [-0.39, 0.29) is 18.5 Å². The standard InChI is InChI=1S/C17H20FNO/c1-12-8-9-15(13(2)19-3)17(10-12)20-11-14-6-4-5-7-16(14)18/h4-10,13,19H,11H2,1-3H3. The van der Waals surface area contributed by atoms with Crippen molar-refractivity contribution in [2.75, 3.05) is 7.05 Å². The van der Waals surface area contributed by atoms with Gasteiger partial charge in [-0.1, -0.05) is 30.3 Å². The Bertz CT molecular complexity index is 583. The number of aryl methyl sites for hydroxylation is 1. The Morgan fingerprint density at radius 2 is 1.95 bits per heavy atom. The van der Waals surface area contributed by atoms with Gasteiger partial charge in [0.15, 0.2) is 0 Å². The molecule has 0 radical (unpaired) electrons. The molecule has 0 aliphatic heterocycles. The molecule has 0 aromatic heterocycles. The molecule has 0 aliphatic rings. The van der Waals surface area contributed by atoms with Crippen molar-refractivity contribution in [1.82, 2.24) is 5.32 Å². The SMILES string of the molecule is CNC(C)c1ccc(C)cc1OCc1ccccc1F. The van der Waals surface area contributed by atoms with Crippen LogP contribution >= 0.6 is 0 Å². The van der Waals surface area contributed by atoms with Gasteiger partial charge < -0.3 is 10.1 Å². The number of nitrogens with one attached hydrogen (secondary N) is 1. The zero-order chi connectivity index (χ0) is 14.5. The van der Waals surface area contributed by atoms with Gasteiger partial charge in [-0.15, -0.1) is 0 Å². The molecule has 106 valence electrons. The minimum absolute atomic E-state index is 0.186. The zero-order valence-electron chi connectivity index (χ0n) is 12.1. The van der Waals surface area contributed by atoms with Gasteiger partial charge in [0.25, 0.3) is 0 Å². The second-order valence-electron chi connectivity index (χ2n) is 4.93. The summed E-state index contributed by atoms with van der Waals surface area (Å²) < 4.78 is 19.4. The fourth-order valence-corrected chi connectivity index (χ4v) is 2.05. The summed E-state index contributed by atoms with van der Waals surface area (Å²) in [6.45, 7) is 4.32. The van der Waals surface area contributed by atoms with Gasteiger partial charge in [0.1, 0.15) is 18.2 Å². The smallest absolute Gasteiger partial charge is 0.129 e. The molecule has 2 nitrogen and oxygen atoms in total. The minimum atomic E-state index is -0.233. The minimum Gasteiger partial charge on any atom is -0.488 e. The topological polar surface area (TPSA) is 21.3 Å². The molecule has 1 atom stereocenters. The van der Waals surface area contributed by atoms with E-state index in [0.717, 1.165) is 16.9 Å². The van der Waals surface area contributed by atoms with Crippen LogP contribution in [-0.2, 0) is 6.61 Å². The first-order valence-electron chi connectivity index (χ1n) is 6.76. The van der Waals surface area contributed by atoms with Crippen LogP contribution in [0.2, 0.25) is 0 Å². The molecule has 0 aliphatic carbocycles. The van der Waals surface area contributed by atoms with Gasteiger partial charge in [-0.3, -0.25) is 0 Å². The van der Waals surface area contributed by atoms with Crippen molar-refractivity contribution in [3.8, 4) is 5.75 Å². The molecule has 0 fully saturated rings. The van der Waals surface area contributed by atoms with E-state index in [1.54, 1.807) is 12.1 Å². The Morgan fingerprint density at radius 1 is 1.20 bits per heavy atom. The van der Waals surface area contributed by atoms with Crippen molar-refractivity contribution >= 4 is 0 Å². The van der Waals surface area contributed by atoms with E-state index in [0.29, 0.717) is 5.56 Å². The highest BCUT2D eigenvalue weighted by Crippen LogP contribution is 2.27. The zero-order valence-corrected chi connectivity index (χ0v) is 12.1. The fourth-order valence-electron chi connectivity index (χ4n) is 2.05. The summed E-state index contributed by atoms with van der Waals surface area (Å²) in [7, 11) is 1.91. The Labute approximate surface area is 119 Å². The summed E-state index contributed by atoms with van der Waals surface area (Å²) in [5.74, 6) is 0.568. The molecule has 2 rings (SSSR count). The summed E-state index contributed by atoms with van der Waals surface area (Å²) in [5, 5.41) is 3.20. The first-order valence-corrected chi connectivity index (χ1v) is 6.76. The molecular weight excluding hydrogens is 253 g/mol. The van der Waals surface area contributed by atoms with Gasteiger partial charge in [0.2, 0.25) is 0 Å². The molecule has 0 saturated carbocycles. The molecule has 0 heterocycles. The van der Waals surface area contributed by atoms with Crippen LogP contribution in [-0.4, -0.2) is 7.05 Å². The summed E-state index contributed by atoms with van der Waals surface area (Å²) in [6, 6.07) is 13.0. The molecule has 1 unspecified atom stereocenters. The van der Waals surface area contributed by atoms with E-state index >= 15 is 0 Å². The molecule has 2 aromatic rings. The molecule has 0 saturated heterocycles. The van der Waals surface area contributed by atoms with E-state index in [9.17, 15) is 4.39 Å². The lowest BCUT2D eigenvalue weighted by Crippen LogP contribution is -2.14. The third-order valence-corrected chi connectivity index (χ3v) is 3.41. The maximum Gasteiger partial charge on any atom is 0.129 e. The number of benzene rings is 2. The largest absolute Gasteiger partial charge is 0.488 e. The van der Waals surface area contributed by atoms with E-state index < -0.39 is 0 Å². The third kappa shape index (κ3) is 3.36. The van der Waals surface area contributed by atoms with Gasteiger partial charge in [0.05, 0.1) is 0 Å². The summed E-state index contributed by atoms with van der Waals surface area (Å²) in [5.41, 5.74) is 2.77. The first-order chi connectivity index (χ1) is 9.61. The molecule has 0 spiro atoms. The fraction of sp³-hybridized carbons (Fsp3) is 0.294. The number of halogens is 1. The lowest BCUT2D eigenvalue weighted by Gasteiger charge is -2.17. The maximum atomic E-state index is 13.6. The van der Waals surface area contributed by atoms with Gasteiger partial charge >= 0.3 is 0 Å². The van der Waals surface area contributed by atoms with Crippen LogP contribution in [0.1, 0.15) is 29.7 Å². The van der Waals surface area contributed by atoms with E-state index in [1.807, 2.05) is 32.2 Å². The summed E-state index contributed by atoms with van der Waals surface area (Å²) in [4.78, 5) is 0. The molecule has 0 bridgehead atoms. The normalized spacial score (nSPS) is 12.2. The lowest BCUT2D eigenvalue weighted by atomic mass is 10.1. The molecular formula is C17H20FNO. The van der Waals surface area contributed by atoms with E-state index in [1.165, 1.54) is 6.07 Å². The molecule has 20 heavy (non-hydrogen) atoms.